The summed E-state index contributed by atoms with van der Waals surface area (Å²) in [6.45, 7) is 7.81. The topological polar surface area (TPSA) is 137 Å². The van der Waals surface area contributed by atoms with E-state index in [4.69, 9.17) is 15.3 Å². The van der Waals surface area contributed by atoms with Crippen molar-refractivity contribution in [2.45, 2.75) is 33.6 Å². The highest BCUT2D eigenvalue weighted by atomic mass is 16.9. The number of phenols is 2. The molecule has 2 aromatic carbocycles. The van der Waals surface area contributed by atoms with Gasteiger partial charge >= 0.3 is 0 Å². The Bertz CT molecular complexity index is 923. The first-order valence-electron chi connectivity index (χ1n) is 8.58. The molecular formula is C20H23N3O5. The summed E-state index contributed by atoms with van der Waals surface area (Å²) in [5.41, 5.74) is 6.25. The number of aromatic amines is 2. The summed E-state index contributed by atoms with van der Waals surface area (Å²) in [5.74, 6) is 0.242. The van der Waals surface area contributed by atoms with Crippen LogP contribution in [0.5, 0.6) is 11.5 Å². The predicted molar refractivity (Wildman–Crippen MR) is 104 cm³/mol. The molecule has 148 valence electrons. The lowest BCUT2D eigenvalue weighted by atomic mass is 9.84. The number of aromatic hydroxyl groups is 2. The van der Waals surface area contributed by atoms with Crippen LogP contribution in [0.25, 0.3) is 0 Å². The largest absolute Gasteiger partial charge is 0.507 e. The number of aromatic nitrogens is 2. The van der Waals surface area contributed by atoms with E-state index in [0.29, 0.717) is 0 Å². The van der Waals surface area contributed by atoms with Crippen molar-refractivity contribution in [3.63, 3.8) is 0 Å². The monoisotopic (exact) mass is 385 g/mol. The molecular weight excluding hydrogens is 362 g/mol. The highest BCUT2D eigenvalue weighted by Gasteiger charge is 2.28. The molecule has 0 aliphatic heterocycles. The summed E-state index contributed by atoms with van der Waals surface area (Å²) in [6, 6.07) is 7.87. The van der Waals surface area contributed by atoms with Gasteiger partial charge in [0.25, 0.3) is 0 Å². The van der Waals surface area contributed by atoms with Crippen LogP contribution in [0.4, 0.5) is 0 Å². The zero-order valence-corrected chi connectivity index (χ0v) is 16.1. The second-order valence-electron chi connectivity index (χ2n) is 6.75. The third-order valence-corrected chi connectivity index (χ3v) is 4.44. The molecule has 1 heterocycles. The number of hydrogen-bond donors (Lipinski definition) is 3. The van der Waals surface area contributed by atoms with E-state index >= 15 is 0 Å². The van der Waals surface area contributed by atoms with Crippen LogP contribution in [0.1, 0.15) is 45.0 Å². The Hall–Kier alpha value is -3.55. The van der Waals surface area contributed by atoms with Crippen molar-refractivity contribution in [1.82, 2.24) is 4.98 Å². The van der Waals surface area contributed by atoms with Gasteiger partial charge in [0.1, 0.15) is 17.7 Å². The van der Waals surface area contributed by atoms with Gasteiger partial charge in [-0.05, 0) is 38.8 Å². The molecule has 8 heteroatoms. The first-order valence-corrected chi connectivity index (χ1v) is 8.58. The predicted octanol–water partition coefficient (Wildman–Crippen LogP) is 3.41. The van der Waals surface area contributed by atoms with E-state index in [1.54, 1.807) is 6.33 Å². The molecule has 3 aromatic rings. The number of phenolic OH excluding ortho intramolecular Hbond substituents is 2. The first-order chi connectivity index (χ1) is 13.1. The fraction of sp³-hybridized carbons (Fsp3) is 0.250. The molecule has 0 atom stereocenters. The minimum absolute atomic E-state index is 0.263. The lowest BCUT2D eigenvalue weighted by Gasteiger charge is -2.20. The quantitative estimate of drug-likeness (QED) is 0.469. The number of aryl methyl sites for hydroxylation is 4. The molecule has 3 rings (SSSR count). The second kappa shape index (κ2) is 8.43. The molecule has 0 radical (unpaired) electrons. The summed E-state index contributed by atoms with van der Waals surface area (Å²) >= 11 is 0. The summed E-state index contributed by atoms with van der Waals surface area (Å²) < 4.78 is 0. The van der Waals surface area contributed by atoms with E-state index < -0.39 is 5.09 Å². The zero-order valence-electron chi connectivity index (χ0n) is 16.1. The molecule has 1 aromatic heterocycles. The molecule has 0 bridgehead atoms. The van der Waals surface area contributed by atoms with Crippen LogP contribution in [0.15, 0.2) is 36.8 Å². The van der Waals surface area contributed by atoms with Crippen LogP contribution < -0.4 is 4.98 Å². The third-order valence-electron chi connectivity index (χ3n) is 4.44. The summed E-state index contributed by atoms with van der Waals surface area (Å²) in [7, 11) is 0. The zero-order chi connectivity index (χ0) is 21.0. The van der Waals surface area contributed by atoms with Crippen molar-refractivity contribution in [2.24, 2.45) is 0 Å². The maximum atomic E-state index is 10.7. The summed E-state index contributed by atoms with van der Waals surface area (Å²) in [6.07, 6.45) is 3.60. The first kappa shape index (κ1) is 20.8. The average Bonchev–Trinajstić information content (AvgIpc) is 3.10. The number of rotatable bonds is 3. The van der Waals surface area contributed by atoms with Crippen molar-refractivity contribution in [1.29, 1.82) is 0 Å². The second-order valence-corrected chi connectivity index (χ2v) is 6.75. The number of nitrogens with one attached hydrogen (secondary N) is 2. The van der Waals surface area contributed by atoms with Gasteiger partial charge in [-0.1, -0.05) is 35.4 Å². The van der Waals surface area contributed by atoms with Gasteiger partial charge in [-0.2, -0.15) is 0 Å². The Balaban J connectivity index is 0.000000640. The molecule has 0 amide bonds. The Morgan fingerprint density at radius 3 is 1.71 bits per heavy atom. The van der Waals surface area contributed by atoms with Crippen LogP contribution in [-0.2, 0) is 0 Å². The molecule has 0 aliphatic carbocycles. The van der Waals surface area contributed by atoms with E-state index in [-0.39, 0.29) is 17.4 Å². The number of hydrogen-bond acceptors (Lipinski definition) is 5. The standard InChI is InChI=1S/C20H22N2O2.NO3/c1-11-5-13(3)19(23)15(7-11)18(17-9-21-10-22-17)16-8-12(2)6-14(4)20(16)24;2-1(3)4/h5-10,18,23-24H,1-4H3,(H,21,22);/q;-1/p+1. The Morgan fingerprint density at radius 1 is 0.929 bits per heavy atom. The molecule has 8 nitrogen and oxygen atoms in total. The van der Waals surface area contributed by atoms with Crippen molar-refractivity contribution in [2.75, 3.05) is 0 Å². The van der Waals surface area contributed by atoms with Gasteiger partial charge in [0, 0.05) is 11.1 Å². The van der Waals surface area contributed by atoms with Crippen LogP contribution in [0.3, 0.4) is 0 Å². The molecule has 0 fully saturated rings. The summed E-state index contributed by atoms with van der Waals surface area (Å²) in [5, 5.41) is 36.1. The minimum Gasteiger partial charge on any atom is -0.507 e. The Labute approximate surface area is 162 Å². The van der Waals surface area contributed by atoms with Crippen molar-refractivity contribution >= 4 is 0 Å². The van der Waals surface area contributed by atoms with Gasteiger partial charge in [0.15, 0.2) is 5.69 Å². The molecule has 0 aliphatic rings. The van der Waals surface area contributed by atoms with Crippen LogP contribution in [-0.4, -0.2) is 20.3 Å². The van der Waals surface area contributed by atoms with E-state index in [9.17, 15) is 10.2 Å². The minimum atomic E-state index is -1.75. The van der Waals surface area contributed by atoms with Crippen molar-refractivity contribution in [3.8, 4) is 11.5 Å². The number of benzene rings is 2. The molecule has 0 saturated heterocycles. The number of H-pyrrole nitrogens is 2. The van der Waals surface area contributed by atoms with E-state index in [0.717, 1.165) is 39.1 Å². The molecule has 0 spiro atoms. The molecule has 28 heavy (non-hydrogen) atoms. The van der Waals surface area contributed by atoms with E-state index in [1.807, 2.05) is 58.2 Å². The average molecular weight is 385 g/mol. The fourth-order valence-corrected chi connectivity index (χ4v) is 3.39. The maximum Gasteiger partial charge on any atom is 0.239 e. The fourth-order valence-electron chi connectivity index (χ4n) is 3.39. The highest BCUT2D eigenvalue weighted by molar-refractivity contribution is 5.56. The van der Waals surface area contributed by atoms with Crippen LogP contribution in [0, 0.1) is 43.0 Å². The Morgan fingerprint density at radius 2 is 1.36 bits per heavy atom. The van der Waals surface area contributed by atoms with E-state index in [2.05, 4.69) is 9.97 Å². The SMILES string of the molecule is Cc1cc(C)c(O)c(C(c2c[nH+]c[nH]2)c2cc(C)cc(C)c2O)c1.O=[N+]([O-])[O-]. The molecule has 0 saturated carbocycles. The van der Waals surface area contributed by atoms with Gasteiger partial charge in [0.05, 0.1) is 11.0 Å². The van der Waals surface area contributed by atoms with E-state index in [1.165, 1.54) is 0 Å². The number of nitrogens with zero attached hydrogens (tertiary/aromatic N) is 1. The summed E-state index contributed by atoms with van der Waals surface area (Å²) in [4.78, 5) is 14.5. The van der Waals surface area contributed by atoms with Gasteiger partial charge in [-0.3, -0.25) is 4.98 Å². The van der Waals surface area contributed by atoms with Gasteiger partial charge < -0.3 is 25.5 Å². The Kier molecular flexibility index (Phi) is 6.25. The lowest BCUT2D eigenvalue weighted by molar-refractivity contribution is -0.402. The lowest BCUT2D eigenvalue weighted by Crippen LogP contribution is -2.07. The third kappa shape index (κ3) is 4.59. The number of imidazole rings is 1. The normalized spacial score (nSPS) is 10.5. The maximum absolute atomic E-state index is 10.7. The molecule has 0 unspecified atom stereocenters. The van der Waals surface area contributed by atoms with Gasteiger partial charge in [-0.15, -0.1) is 0 Å². The van der Waals surface area contributed by atoms with Crippen LogP contribution in [0.2, 0.25) is 0 Å². The highest BCUT2D eigenvalue weighted by Crippen LogP contribution is 2.42. The molecule has 4 N–H and O–H groups in total. The van der Waals surface area contributed by atoms with Crippen molar-refractivity contribution < 1.29 is 20.3 Å². The van der Waals surface area contributed by atoms with Crippen molar-refractivity contribution in [3.05, 3.63) is 91.2 Å². The van der Waals surface area contributed by atoms with Gasteiger partial charge in [0.2, 0.25) is 6.33 Å². The van der Waals surface area contributed by atoms with Crippen LogP contribution >= 0.6 is 0 Å². The smallest absolute Gasteiger partial charge is 0.239 e. The van der Waals surface area contributed by atoms with Gasteiger partial charge in [-0.25, -0.2) is 4.98 Å².